The summed E-state index contributed by atoms with van der Waals surface area (Å²) in [6.07, 6.45) is 0. The van der Waals surface area contributed by atoms with Gasteiger partial charge in [-0.3, -0.25) is 0 Å². The minimum Gasteiger partial charge on any atom is -0.537 e. The van der Waals surface area contributed by atoms with Crippen LogP contribution in [-0.4, -0.2) is 12.7 Å². The second-order valence-corrected chi connectivity index (χ2v) is 8.73. The molecular formula is C22H12BO2S2. The Kier molecular flexibility index (Phi) is 3.26. The third-order valence-corrected chi connectivity index (χ3v) is 7.46. The number of thiophene rings is 2. The van der Waals surface area contributed by atoms with Crippen molar-refractivity contribution in [2.45, 2.75) is 0 Å². The second kappa shape index (κ2) is 5.70. The smallest absolute Gasteiger partial charge is 0.537 e. The highest BCUT2D eigenvalue weighted by atomic mass is 32.1. The van der Waals surface area contributed by atoms with Gasteiger partial charge in [0.1, 0.15) is 5.75 Å². The Morgan fingerprint density at radius 2 is 1.52 bits per heavy atom. The van der Waals surface area contributed by atoms with E-state index >= 15 is 0 Å². The van der Waals surface area contributed by atoms with Crippen molar-refractivity contribution in [2.75, 3.05) is 0 Å². The molecule has 0 aliphatic rings. The van der Waals surface area contributed by atoms with Crippen molar-refractivity contribution in [2.24, 2.45) is 0 Å². The summed E-state index contributed by atoms with van der Waals surface area (Å²) in [5.74, 6) is 0.643. The lowest BCUT2D eigenvalue weighted by Gasteiger charge is -2.02. The van der Waals surface area contributed by atoms with Gasteiger partial charge >= 0.3 is 7.69 Å². The van der Waals surface area contributed by atoms with E-state index in [1.807, 2.05) is 34.8 Å². The summed E-state index contributed by atoms with van der Waals surface area (Å²) >= 11 is 3.66. The van der Waals surface area contributed by atoms with E-state index in [1.165, 1.54) is 45.7 Å². The summed E-state index contributed by atoms with van der Waals surface area (Å²) in [6.45, 7) is 0. The van der Waals surface area contributed by atoms with Crippen molar-refractivity contribution in [3.8, 4) is 5.75 Å². The lowest BCUT2D eigenvalue weighted by molar-refractivity contribution is 0.454. The summed E-state index contributed by atoms with van der Waals surface area (Å²) in [7, 11) is 0.726. The highest BCUT2D eigenvalue weighted by Crippen LogP contribution is 2.43. The summed E-state index contributed by atoms with van der Waals surface area (Å²) in [5.41, 5.74) is 0. The summed E-state index contributed by atoms with van der Waals surface area (Å²) in [4.78, 5) is 0. The Bertz CT molecular complexity index is 1500. The van der Waals surface area contributed by atoms with Crippen LogP contribution in [0.25, 0.3) is 51.1 Å². The van der Waals surface area contributed by atoms with Crippen LogP contribution in [0.5, 0.6) is 5.75 Å². The molecular weight excluding hydrogens is 371 g/mol. The summed E-state index contributed by atoms with van der Waals surface area (Å²) < 4.78 is 10.3. The highest BCUT2D eigenvalue weighted by Gasteiger charge is 2.12. The van der Waals surface area contributed by atoms with E-state index < -0.39 is 0 Å². The van der Waals surface area contributed by atoms with E-state index in [2.05, 4.69) is 54.6 Å². The average molecular weight is 383 g/mol. The monoisotopic (exact) mass is 383 g/mol. The standard InChI is InChI=1S/C22H12BO2S2/c24-23-25-13-6-8-20-18(10-13)15-7-5-12-9-17-14-3-1-2-4-19(14)26-21(17)11-16(12)22(15)27-20/h1-11,24H. The lowest BCUT2D eigenvalue weighted by Crippen LogP contribution is -1.98. The maximum Gasteiger partial charge on any atom is 0.569 e. The fraction of sp³-hybridized carbons (Fsp3) is 0. The Labute approximate surface area is 163 Å². The van der Waals surface area contributed by atoms with Crippen LogP contribution >= 0.6 is 22.7 Å². The normalized spacial score (nSPS) is 11.9. The molecule has 0 unspecified atom stereocenters. The lowest BCUT2D eigenvalue weighted by atomic mass is 10.0. The van der Waals surface area contributed by atoms with Gasteiger partial charge in [-0.2, -0.15) is 0 Å². The molecule has 0 spiro atoms. The largest absolute Gasteiger partial charge is 0.569 e. The van der Waals surface area contributed by atoms with Gasteiger partial charge in [0.15, 0.2) is 0 Å². The molecule has 2 aromatic heterocycles. The maximum atomic E-state index is 8.91. The van der Waals surface area contributed by atoms with Crippen molar-refractivity contribution < 1.29 is 9.68 Å². The van der Waals surface area contributed by atoms with Gasteiger partial charge in [-0.05, 0) is 41.8 Å². The van der Waals surface area contributed by atoms with Crippen LogP contribution in [-0.2, 0) is 0 Å². The van der Waals surface area contributed by atoms with Crippen LogP contribution < -0.4 is 4.65 Å². The first-order valence-corrected chi connectivity index (χ1v) is 10.3. The fourth-order valence-corrected chi connectivity index (χ4v) is 6.23. The van der Waals surface area contributed by atoms with Crippen LogP contribution in [0.15, 0.2) is 66.7 Å². The van der Waals surface area contributed by atoms with Gasteiger partial charge in [-0.25, -0.2) is 0 Å². The molecule has 2 nitrogen and oxygen atoms in total. The van der Waals surface area contributed by atoms with Gasteiger partial charge in [0, 0.05) is 45.7 Å². The molecule has 127 valence electrons. The molecule has 0 atom stereocenters. The van der Waals surface area contributed by atoms with Gasteiger partial charge < -0.3 is 9.68 Å². The predicted molar refractivity (Wildman–Crippen MR) is 118 cm³/mol. The van der Waals surface area contributed by atoms with E-state index in [0.717, 1.165) is 13.1 Å². The molecule has 6 aromatic rings. The van der Waals surface area contributed by atoms with Gasteiger partial charge in [0.05, 0.1) is 0 Å². The molecule has 0 saturated carbocycles. The van der Waals surface area contributed by atoms with Crippen molar-refractivity contribution in [1.29, 1.82) is 0 Å². The van der Waals surface area contributed by atoms with E-state index in [-0.39, 0.29) is 0 Å². The Morgan fingerprint density at radius 1 is 0.667 bits per heavy atom. The highest BCUT2D eigenvalue weighted by molar-refractivity contribution is 7.27. The molecule has 0 amide bonds. The molecule has 27 heavy (non-hydrogen) atoms. The van der Waals surface area contributed by atoms with Crippen molar-refractivity contribution in [3.63, 3.8) is 0 Å². The predicted octanol–water partition coefficient (Wildman–Crippen LogP) is 6.48. The Morgan fingerprint density at radius 3 is 2.44 bits per heavy atom. The fourth-order valence-electron chi connectivity index (χ4n) is 3.89. The minimum atomic E-state index is 0.643. The van der Waals surface area contributed by atoms with Crippen molar-refractivity contribution in [3.05, 3.63) is 66.7 Å². The zero-order valence-electron chi connectivity index (χ0n) is 14.1. The van der Waals surface area contributed by atoms with E-state index in [1.54, 1.807) is 0 Å². The first-order chi connectivity index (χ1) is 13.3. The van der Waals surface area contributed by atoms with Crippen molar-refractivity contribution in [1.82, 2.24) is 0 Å². The quantitative estimate of drug-likeness (QED) is 0.347. The summed E-state index contributed by atoms with van der Waals surface area (Å²) in [5, 5.41) is 16.5. The molecule has 1 N–H and O–H groups in total. The van der Waals surface area contributed by atoms with Crippen LogP contribution in [0, 0.1) is 0 Å². The molecule has 0 aliphatic heterocycles. The third kappa shape index (κ3) is 2.23. The Hall–Kier alpha value is -2.60. The Balaban J connectivity index is 1.72. The number of fused-ring (bicyclic) bond motifs is 8. The molecule has 0 saturated heterocycles. The SMILES string of the molecule is O[B]Oc1ccc2sc3c4cc5sc6ccccc6c5cc4ccc3c2c1. The number of benzene rings is 4. The topological polar surface area (TPSA) is 29.5 Å². The second-order valence-electron chi connectivity index (χ2n) is 6.59. The molecule has 6 rings (SSSR count). The van der Waals surface area contributed by atoms with Crippen LogP contribution in [0.4, 0.5) is 0 Å². The minimum absolute atomic E-state index is 0.643. The molecule has 1 radical (unpaired) electrons. The zero-order valence-corrected chi connectivity index (χ0v) is 15.7. The van der Waals surface area contributed by atoms with Gasteiger partial charge in [-0.15, -0.1) is 22.7 Å². The van der Waals surface area contributed by atoms with Crippen LogP contribution in [0.1, 0.15) is 0 Å². The first-order valence-electron chi connectivity index (χ1n) is 8.65. The van der Waals surface area contributed by atoms with Crippen LogP contribution in [0.3, 0.4) is 0 Å². The first kappa shape index (κ1) is 15.5. The van der Waals surface area contributed by atoms with Gasteiger partial charge in [0.25, 0.3) is 0 Å². The molecule has 5 heteroatoms. The number of hydrogen-bond donors (Lipinski definition) is 1. The molecule has 0 fully saturated rings. The van der Waals surface area contributed by atoms with E-state index in [0.29, 0.717) is 5.75 Å². The molecule has 2 heterocycles. The average Bonchev–Trinajstić information content (AvgIpc) is 3.24. The third-order valence-electron chi connectivity index (χ3n) is 5.11. The number of hydrogen-bond acceptors (Lipinski definition) is 4. The molecule has 4 aromatic carbocycles. The van der Waals surface area contributed by atoms with E-state index in [4.69, 9.17) is 9.68 Å². The zero-order chi connectivity index (χ0) is 18.0. The van der Waals surface area contributed by atoms with Gasteiger partial charge in [-0.1, -0.05) is 30.3 Å². The van der Waals surface area contributed by atoms with Gasteiger partial charge in [0.2, 0.25) is 0 Å². The molecule has 0 aliphatic carbocycles. The maximum absolute atomic E-state index is 8.91. The van der Waals surface area contributed by atoms with E-state index in [9.17, 15) is 0 Å². The summed E-state index contributed by atoms with van der Waals surface area (Å²) in [6, 6.07) is 23.6. The molecule has 0 bridgehead atoms. The number of rotatable bonds is 2. The van der Waals surface area contributed by atoms with Crippen molar-refractivity contribution >= 4 is 81.5 Å². The van der Waals surface area contributed by atoms with Crippen LogP contribution in [0.2, 0.25) is 0 Å².